The third-order valence-electron chi connectivity index (χ3n) is 3.57. The Kier molecular flexibility index (Phi) is 10.2. The molecular formula is C13H27F3N2S3. The SMILES string of the molecule is CCC[C@](F)(CS)NC[C@](F)(CS)CC[C@](F)(CS)NC. The van der Waals surface area contributed by atoms with Gasteiger partial charge in [0.1, 0.15) is 5.67 Å². The Bertz CT molecular complexity index is 296. The van der Waals surface area contributed by atoms with E-state index in [0.29, 0.717) is 6.42 Å². The molecule has 8 heteroatoms. The molecule has 0 amide bonds. The summed E-state index contributed by atoms with van der Waals surface area (Å²) >= 11 is 11.9. The zero-order chi connectivity index (χ0) is 16.6. The molecule has 2 nitrogen and oxygen atoms in total. The maximum absolute atomic E-state index is 14.7. The Morgan fingerprint density at radius 2 is 1.43 bits per heavy atom. The molecule has 0 radical (unpaired) electrons. The fourth-order valence-corrected chi connectivity index (χ4v) is 2.72. The van der Waals surface area contributed by atoms with Crippen LogP contribution in [0.5, 0.6) is 0 Å². The molecule has 2 N–H and O–H groups in total. The maximum atomic E-state index is 14.7. The van der Waals surface area contributed by atoms with Crippen LogP contribution in [0.15, 0.2) is 0 Å². The second kappa shape index (κ2) is 9.80. The van der Waals surface area contributed by atoms with Crippen LogP contribution < -0.4 is 10.6 Å². The number of alkyl halides is 3. The highest BCUT2D eigenvalue weighted by Crippen LogP contribution is 2.27. The van der Waals surface area contributed by atoms with Crippen LogP contribution in [0.4, 0.5) is 13.2 Å². The van der Waals surface area contributed by atoms with Crippen LogP contribution in [0.3, 0.4) is 0 Å². The van der Waals surface area contributed by atoms with Crippen molar-refractivity contribution in [3.05, 3.63) is 0 Å². The van der Waals surface area contributed by atoms with Crippen molar-refractivity contribution < 1.29 is 13.2 Å². The smallest absolute Gasteiger partial charge is 0.170 e. The van der Waals surface area contributed by atoms with Gasteiger partial charge in [-0.25, -0.2) is 13.2 Å². The predicted molar refractivity (Wildman–Crippen MR) is 94.3 cm³/mol. The van der Waals surface area contributed by atoms with E-state index in [4.69, 9.17) is 0 Å². The molecule has 0 rings (SSSR count). The lowest BCUT2D eigenvalue weighted by Crippen LogP contribution is -2.51. The molecule has 0 heterocycles. The van der Waals surface area contributed by atoms with Crippen LogP contribution in [0.25, 0.3) is 0 Å². The quantitative estimate of drug-likeness (QED) is 0.271. The lowest BCUT2D eigenvalue weighted by Gasteiger charge is -2.32. The summed E-state index contributed by atoms with van der Waals surface area (Å²) in [6, 6.07) is 0. The Labute approximate surface area is 142 Å². The lowest BCUT2D eigenvalue weighted by atomic mass is 9.97. The first-order valence-electron chi connectivity index (χ1n) is 7.05. The molecule has 128 valence electrons. The molecule has 0 aliphatic rings. The van der Waals surface area contributed by atoms with Crippen molar-refractivity contribution in [2.24, 2.45) is 0 Å². The zero-order valence-electron chi connectivity index (χ0n) is 12.6. The molecule has 0 aromatic heterocycles. The predicted octanol–water partition coefficient (Wildman–Crippen LogP) is 3.21. The highest BCUT2D eigenvalue weighted by molar-refractivity contribution is 7.80. The van der Waals surface area contributed by atoms with Gasteiger partial charge in [0, 0.05) is 23.8 Å². The van der Waals surface area contributed by atoms with E-state index in [9.17, 15) is 13.2 Å². The molecule has 0 fully saturated rings. The van der Waals surface area contributed by atoms with Crippen LogP contribution in [0, 0.1) is 0 Å². The monoisotopic (exact) mass is 364 g/mol. The van der Waals surface area contributed by atoms with Gasteiger partial charge >= 0.3 is 0 Å². The van der Waals surface area contributed by atoms with Gasteiger partial charge in [0.15, 0.2) is 11.6 Å². The summed E-state index contributed by atoms with van der Waals surface area (Å²) in [5, 5.41) is 5.07. The van der Waals surface area contributed by atoms with Gasteiger partial charge in [-0.05, 0) is 26.3 Å². The van der Waals surface area contributed by atoms with Gasteiger partial charge in [0.05, 0.1) is 0 Å². The standard InChI is InChI=1S/C13H27F3N2S3/c1-3-4-13(16,10-21)18-7-11(14,8-19)5-6-12(15,9-20)17-2/h17-21H,3-10H2,1-2H3/t11-,12+,13+/m0/s1. The Morgan fingerprint density at radius 3 is 1.81 bits per heavy atom. The minimum atomic E-state index is -1.78. The molecule has 0 aromatic rings. The fraction of sp³-hybridized carbons (Fsp3) is 1.00. The average Bonchev–Trinajstić information content (AvgIpc) is 2.51. The summed E-state index contributed by atoms with van der Waals surface area (Å²) in [6.45, 7) is 1.62. The van der Waals surface area contributed by atoms with Crippen LogP contribution in [-0.4, -0.2) is 48.1 Å². The van der Waals surface area contributed by atoms with E-state index in [0.717, 1.165) is 0 Å². The van der Waals surface area contributed by atoms with Gasteiger partial charge < -0.3 is 0 Å². The molecule has 0 aliphatic carbocycles. The van der Waals surface area contributed by atoms with Crippen LogP contribution in [-0.2, 0) is 0 Å². The molecule has 0 aromatic carbocycles. The van der Waals surface area contributed by atoms with E-state index in [-0.39, 0.29) is 43.1 Å². The lowest BCUT2D eigenvalue weighted by molar-refractivity contribution is 0.0664. The minimum Gasteiger partial charge on any atom is -0.288 e. The number of hydrogen-bond acceptors (Lipinski definition) is 5. The Hall–Kier alpha value is 0.760. The van der Waals surface area contributed by atoms with Crippen LogP contribution in [0.1, 0.15) is 32.6 Å². The summed E-state index contributed by atoms with van der Waals surface area (Å²) in [4.78, 5) is 0. The number of nitrogens with one attached hydrogen (secondary N) is 2. The van der Waals surface area contributed by atoms with E-state index in [1.54, 1.807) is 0 Å². The van der Waals surface area contributed by atoms with Crippen molar-refractivity contribution >= 4 is 37.9 Å². The summed E-state index contributed by atoms with van der Waals surface area (Å²) in [5.41, 5.74) is -1.78. The van der Waals surface area contributed by atoms with E-state index in [2.05, 4.69) is 48.5 Å². The zero-order valence-corrected chi connectivity index (χ0v) is 15.3. The van der Waals surface area contributed by atoms with E-state index in [1.807, 2.05) is 6.92 Å². The van der Waals surface area contributed by atoms with Gasteiger partial charge in [-0.3, -0.25) is 10.6 Å². The van der Waals surface area contributed by atoms with Crippen molar-refractivity contribution in [3.8, 4) is 0 Å². The van der Waals surface area contributed by atoms with Crippen molar-refractivity contribution in [3.63, 3.8) is 0 Å². The second-order valence-corrected chi connectivity index (χ2v) is 6.36. The first kappa shape index (κ1) is 21.8. The van der Waals surface area contributed by atoms with Gasteiger partial charge in [0.25, 0.3) is 0 Å². The molecule has 3 atom stereocenters. The third-order valence-corrected chi connectivity index (χ3v) is 5.14. The summed E-state index contributed by atoms with van der Waals surface area (Å²) < 4.78 is 43.1. The summed E-state index contributed by atoms with van der Waals surface area (Å²) in [7, 11) is 1.46. The largest absolute Gasteiger partial charge is 0.288 e. The van der Waals surface area contributed by atoms with Crippen LogP contribution in [0.2, 0.25) is 0 Å². The summed E-state index contributed by atoms with van der Waals surface area (Å²) in [5.74, 6) is -3.65. The molecule has 21 heavy (non-hydrogen) atoms. The average molecular weight is 365 g/mol. The number of hydrogen-bond donors (Lipinski definition) is 5. The molecule has 0 bridgehead atoms. The first-order chi connectivity index (χ1) is 9.72. The fourth-order valence-electron chi connectivity index (χ4n) is 1.87. The summed E-state index contributed by atoms with van der Waals surface area (Å²) in [6.07, 6.45) is 0.742. The van der Waals surface area contributed by atoms with E-state index in [1.165, 1.54) is 7.05 Å². The normalized spacial score (nSPS) is 20.6. The van der Waals surface area contributed by atoms with Crippen molar-refractivity contribution in [1.29, 1.82) is 0 Å². The maximum Gasteiger partial charge on any atom is 0.170 e. The molecular weight excluding hydrogens is 337 g/mol. The van der Waals surface area contributed by atoms with Crippen molar-refractivity contribution in [2.75, 3.05) is 30.9 Å². The highest BCUT2D eigenvalue weighted by Gasteiger charge is 2.37. The first-order valence-corrected chi connectivity index (χ1v) is 8.95. The van der Waals surface area contributed by atoms with Gasteiger partial charge in [0.2, 0.25) is 0 Å². The van der Waals surface area contributed by atoms with Gasteiger partial charge in [-0.15, -0.1) is 0 Å². The molecule has 0 aliphatic heterocycles. The van der Waals surface area contributed by atoms with E-state index < -0.39 is 17.3 Å². The van der Waals surface area contributed by atoms with Crippen LogP contribution >= 0.6 is 37.9 Å². The molecule has 0 spiro atoms. The van der Waals surface area contributed by atoms with Crippen molar-refractivity contribution in [2.45, 2.75) is 49.9 Å². The molecule has 0 unspecified atom stereocenters. The Balaban J connectivity index is 4.59. The molecule has 0 saturated heterocycles. The van der Waals surface area contributed by atoms with Gasteiger partial charge in [-0.1, -0.05) is 13.3 Å². The number of thiol groups is 3. The third kappa shape index (κ3) is 7.72. The highest BCUT2D eigenvalue weighted by atomic mass is 32.1. The molecule has 0 saturated carbocycles. The Morgan fingerprint density at radius 1 is 0.857 bits per heavy atom. The number of halogens is 3. The topological polar surface area (TPSA) is 24.1 Å². The number of rotatable bonds is 12. The van der Waals surface area contributed by atoms with Gasteiger partial charge in [-0.2, -0.15) is 37.9 Å². The second-order valence-electron chi connectivity index (χ2n) is 5.41. The van der Waals surface area contributed by atoms with E-state index >= 15 is 0 Å². The minimum absolute atomic E-state index is 0.0380. The van der Waals surface area contributed by atoms with Crippen molar-refractivity contribution in [1.82, 2.24) is 10.6 Å².